The van der Waals surface area contributed by atoms with Gasteiger partial charge in [0, 0.05) is 6.42 Å². The Bertz CT molecular complexity index is 283. The molecule has 1 heterocycles. The standard InChI is InChI=1S/C9H13BrN2O/c1-2-7(10)9-12-11-8(13-9)5-6-3-4-6/h6-7H,2-5H2,1H3. The first-order chi connectivity index (χ1) is 6.29. The highest BCUT2D eigenvalue weighted by Crippen LogP contribution is 2.33. The quantitative estimate of drug-likeness (QED) is 0.765. The van der Waals surface area contributed by atoms with Crippen molar-refractivity contribution in [2.24, 2.45) is 5.92 Å². The van der Waals surface area contributed by atoms with Crippen molar-refractivity contribution in [2.45, 2.75) is 37.4 Å². The van der Waals surface area contributed by atoms with Gasteiger partial charge >= 0.3 is 0 Å². The van der Waals surface area contributed by atoms with Gasteiger partial charge in [0.2, 0.25) is 11.8 Å². The van der Waals surface area contributed by atoms with E-state index in [9.17, 15) is 0 Å². The summed E-state index contributed by atoms with van der Waals surface area (Å²) in [6, 6.07) is 0. The maximum absolute atomic E-state index is 5.52. The van der Waals surface area contributed by atoms with Gasteiger partial charge in [0.15, 0.2) is 0 Å². The molecular formula is C9H13BrN2O. The van der Waals surface area contributed by atoms with Crippen LogP contribution in [-0.2, 0) is 6.42 Å². The van der Waals surface area contributed by atoms with Gasteiger partial charge in [-0.25, -0.2) is 0 Å². The van der Waals surface area contributed by atoms with Crippen LogP contribution in [-0.4, -0.2) is 10.2 Å². The van der Waals surface area contributed by atoms with E-state index in [2.05, 4.69) is 33.1 Å². The molecule has 13 heavy (non-hydrogen) atoms. The minimum absolute atomic E-state index is 0.216. The molecule has 1 aromatic heterocycles. The summed E-state index contributed by atoms with van der Waals surface area (Å²) in [6.07, 6.45) is 4.59. The molecule has 72 valence electrons. The molecule has 2 rings (SSSR count). The normalized spacial score (nSPS) is 18.9. The molecule has 0 aliphatic heterocycles. The zero-order valence-corrected chi connectivity index (χ0v) is 9.25. The Labute approximate surface area is 86.0 Å². The van der Waals surface area contributed by atoms with Gasteiger partial charge in [-0.15, -0.1) is 10.2 Å². The number of alkyl halides is 1. The van der Waals surface area contributed by atoms with E-state index >= 15 is 0 Å². The van der Waals surface area contributed by atoms with E-state index < -0.39 is 0 Å². The molecule has 0 aromatic carbocycles. The molecular weight excluding hydrogens is 232 g/mol. The number of hydrogen-bond donors (Lipinski definition) is 0. The summed E-state index contributed by atoms with van der Waals surface area (Å²) in [5, 5.41) is 8.02. The predicted molar refractivity (Wildman–Crippen MR) is 52.7 cm³/mol. The van der Waals surface area contributed by atoms with Crippen molar-refractivity contribution in [1.29, 1.82) is 0 Å². The Morgan fingerprint density at radius 2 is 2.31 bits per heavy atom. The molecule has 0 spiro atoms. The Morgan fingerprint density at radius 3 is 2.92 bits per heavy atom. The molecule has 0 saturated heterocycles. The van der Waals surface area contributed by atoms with Crippen molar-refractivity contribution in [1.82, 2.24) is 10.2 Å². The third-order valence-electron chi connectivity index (χ3n) is 2.27. The van der Waals surface area contributed by atoms with Crippen LogP contribution in [0.2, 0.25) is 0 Å². The SMILES string of the molecule is CCC(Br)c1nnc(CC2CC2)o1. The largest absolute Gasteiger partial charge is 0.424 e. The van der Waals surface area contributed by atoms with Crippen LogP contribution in [0.4, 0.5) is 0 Å². The molecule has 0 N–H and O–H groups in total. The van der Waals surface area contributed by atoms with E-state index in [1.807, 2.05) is 0 Å². The van der Waals surface area contributed by atoms with E-state index in [1.165, 1.54) is 12.8 Å². The van der Waals surface area contributed by atoms with Crippen LogP contribution in [0, 0.1) is 5.92 Å². The third kappa shape index (κ3) is 2.30. The zero-order valence-electron chi connectivity index (χ0n) is 7.66. The van der Waals surface area contributed by atoms with Crippen LogP contribution >= 0.6 is 15.9 Å². The minimum Gasteiger partial charge on any atom is -0.424 e. The van der Waals surface area contributed by atoms with E-state index in [4.69, 9.17) is 4.42 Å². The molecule has 1 unspecified atom stereocenters. The van der Waals surface area contributed by atoms with Gasteiger partial charge in [0.25, 0.3) is 0 Å². The smallest absolute Gasteiger partial charge is 0.230 e. The Hall–Kier alpha value is -0.380. The summed E-state index contributed by atoms with van der Waals surface area (Å²) in [6.45, 7) is 2.09. The van der Waals surface area contributed by atoms with Crippen molar-refractivity contribution >= 4 is 15.9 Å². The first-order valence-electron chi connectivity index (χ1n) is 4.76. The first kappa shape index (κ1) is 9.19. The molecule has 3 nitrogen and oxygen atoms in total. The van der Waals surface area contributed by atoms with E-state index in [0.29, 0.717) is 0 Å². The highest BCUT2D eigenvalue weighted by atomic mass is 79.9. The lowest BCUT2D eigenvalue weighted by molar-refractivity contribution is 0.438. The maximum atomic E-state index is 5.52. The van der Waals surface area contributed by atoms with Gasteiger partial charge in [-0.2, -0.15) is 0 Å². The summed E-state index contributed by atoms with van der Waals surface area (Å²) in [5.74, 6) is 2.33. The molecule has 1 aromatic rings. The fraction of sp³-hybridized carbons (Fsp3) is 0.778. The second kappa shape index (κ2) is 3.78. The fourth-order valence-corrected chi connectivity index (χ4v) is 1.40. The molecule has 1 aliphatic rings. The van der Waals surface area contributed by atoms with E-state index in [-0.39, 0.29) is 4.83 Å². The molecule has 1 saturated carbocycles. The highest BCUT2D eigenvalue weighted by Gasteiger charge is 2.24. The summed E-state index contributed by atoms with van der Waals surface area (Å²) >= 11 is 3.48. The Balaban J connectivity index is 1.99. The van der Waals surface area contributed by atoms with Gasteiger partial charge < -0.3 is 4.42 Å². The van der Waals surface area contributed by atoms with Crippen molar-refractivity contribution in [2.75, 3.05) is 0 Å². The number of hydrogen-bond acceptors (Lipinski definition) is 3. The Morgan fingerprint density at radius 1 is 1.54 bits per heavy atom. The summed E-state index contributed by atoms with van der Waals surface area (Å²) in [5.41, 5.74) is 0. The zero-order chi connectivity index (χ0) is 9.26. The number of nitrogens with zero attached hydrogens (tertiary/aromatic N) is 2. The summed E-state index contributed by atoms with van der Waals surface area (Å²) < 4.78 is 5.52. The van der Waals surface area contributed by atoms with Crippen LogP contribution in [0.1, 0.15) is 42.8 Å². The maximum Gasteiger partial charge on any atom is 0.230 e. The minimum atomic E-state index is 0.216. The van der Waals surface area contributed by atoms with Gasteiger partial charge in [-0.3, -0.25) is 0 Å². The topological polar surface area (TPSA) is 38.9 Å². The number of aromatic nitrogens is 2. The molecule has 0 radical (unpaired) electrons. The summed E-state index contributed by atoms with van der Waals surface area (Å²) in [7, 11) is 0. The molecule has 1 atom stereocenters. The van der Waals surface area contributed by atoms with Gasteiger partial charge in [0.05, 0.1) is 4.83 Å². The number of halogens is 1. The van der Waals surface area contributed by atoms with Crippen molar-refractivity contribution in [3.63, 3.8) is 0 Å². The highest BCUT2D eigenvalue weighted by molar-refractivity contribution is 9.09. The molecule has 1 aliphatic carbocycles. The van der Waals surface area contributed by atoms with Gasteiger partial charge in [-0.1, -0.05) is 22.9 Å². The average molecular weight is 245 g/mol. The van der Waals surface area contributed by atoms with Crippen LogP contribution < -0.4 is 0 Å². The number of rotatable bonds is 4. The lowest BCUT2D eigenvalue weighted by atomic mass is 10.3. The van der Waals surface area contributed by atoms with Crippen LogP contribution in [0.3, 0.4) is 0 Å². The van der Waals surface area contributed by atoms with Crippen LogP contribution in [0.5, 0.6) is 0 Å². The molecule has 4 heteroatoms. The lowest BCUT2D eigenvalue weighted by Crippen LogP contribution is -1.86. The van der Waals surface area contributed by atoms with Crippen molar-refractivity contribution in [3.8, 4) is 0 Å². The first-order valence-corrected chi connectivity index (χ1v) is 5.67. The van der Waals surface area contributed by atoms with Crippen LogP contribution in [0.15, 0.2) is 4.42 Å². The van der Waals surface area contributed by atoms with Crippen molar-refractivity contribution in [3.05, 3.63) is 11.8 Å². The third-order valence-corrected chi connectivity index (χ3v) is 3.31. The monoisotopic (exact) mass is 244 g/mol. The lowest BCUT2D eigenvalue weighted by Gasteiger charge is -1.97. The molecule has 0 bridgehead atoms. The average Bonchev–Trinajstić information content (AvgIpc) is 2.81. The van der Waals surface area contributed by atoms with Gasteiger partial charge in [-0.05, 0) is 25.2 Å². The second-order valence-corrected chi connectivity index (χ2v) is 4.66. The fourth-order valence-electron chi connectivity index (χ4n) is 1.22. The van der Waals surface area contributed by atoms with E-state index in [1.54, 1.807) is 0 Å². The van der Waals surface area contributed by atoms with Crippen LogP contribution in [0.25, 0.3) is 0 Å². The molecule has 1 fully saturated rings. The second-order valence-electron chi connectivity index (χ2n) is 3.56. The van der Waals surface area contributed by atoms with Gasteiger partial charge in [0.1, 0.15) is 0 Å². The Kier molecular flexibility index (Phi) is 2.67. The van der Waals surface area contributed by atoms with E-state index in [0.717, 1.165) is 30.5 Å². The van der Waals surface area contributed by atoms with Crippen molar-refractivity contribution < 1.29 is 4.42 Å². The molecule has 0 amide bonds. The predicted octanol–water partition coefficient (Wildman–Crippen LogP) is 2.87. The summed E-state index contributed by atoms with van der Waals surface area (Å²) in [4.78, 5) is 0.216.